The number of carbonyl (C=O) groups is 2. The molecule has 0 spiro atoms. The summed E-state index contributed by atoms with van der Waals surface area (Å²) >= 11 is 6.70. The Morgan fingerprint density at radius 2 is 1.06 bits per heavy atom. The van der Waals surface area contributed by atoms with Gasteiger partial charge in [-0.25, -0.2) is 0 Å². The molecule has 0 aromatic heterocycles. The number of oxime groups is 2. The molecule has 0 atom stereocenters. The number of hydrogen-bond donors (Lipinski definition) is 4. The zero-order valence-electron chi connectivity index (χ0n) is 18.0. The summed E-state index contributed by atoms with van der Waals surface area (Å²) in [5.74, 6) is 0.470. The minimum absolute atomic E-state index is 0.0483. The molecule has 0 radical (unpaired) electrons. The van der Waals surface area contributed by atoms with Crippen molar-refractivity contribution in [1.82, 2.24) is 10.6 Å². The SMILES string of the molecule is O=C(NCCSSCCNC(=O)/C(Cc1ccc(Br)cc1)=N/O)/C(Cc1ccc(Br)cc1)=N\O. The van der Waals surface area contributed by atoms with Gasteiger partial charge < -0.3 is 21.0 Å². The summed E-state index contributed by atoms with van der Waals surface area (Å²) in [7, 11) is 3.10. The number of halogens is 2. The summed E-state index contributed by atoms with van der Waals surface area (Å²) in [6, 6.07) is 14.8. The lowest BCUT2D eigenvalue weighted by Gasteiger charge is -2.08. The predicted octanol–water partition coefficient (Wildman–Crippen LogP) is 4.27. The summed E-state index contributed by atoms with van der Waals surface area (Å²) in [5, 5.41) is 30.0. The average molecular weight is 632 g/mol. The van der Waals surface area contributed by atoms with Crippen molar-refractivity contribution in [1.29, 1.82) is 0 Å². The van der Waals surface area contributed by atoms with Gasteiger partial charge in [0.1, 0.15) is 11.4 Å². The molecule has 0 fully saturated rings. The van der Waals surface area contributed by atoms with E-state index in [4.69, 9.17) is 10.4 Å². The Kier molecular flexibility index (Phi) is 13.1. The highest BCUT2D eigenvalue weighted by Crippen LogP contribution is 2.19. The third-order valence-corrected chi connectivity index (χ3v) is 7.83. The maximum absolute atomic E-state index is 12.2. The fraction of sp³-hybridized carbons (Fsp3) is 0.273. The predicted molar refractivity (Wildman–Crippen MR) is 145 cm³/mol. The van der Waals surface area contributed by atoms with Gasteiger partial charge in [0.2, 0.25) is 0 Å². The molecule has 4 N–H and O–H groups in total. The van der Waals surface area contributed by atoms with Crippen LogP contribution in [-0.2, 0) is 22.4 Å². The minimum atomic E-state index is -0.412. The molecule has 0 heterocycles. The van der Waals surface area contributed by atoms with Crippen molar-refractivity contribution in [2.75, 3.05) is 24.6 Å². The number of nitrogens with zero attached hydrogens (tertiary/aromatic N) is 2. The standard InChI is InChI=1S/C22H24Br2N4O4S2/c23-17-5-1-15(2-6-17)13-19(27-31)21(29)25-9-11-33-34-12-10-26-22(30)20(28-32)14-16-3-7-18(24)8-4-16/h1-8,31-32H,9-14H2,(H,25,29)(H,26,30)/b27-19-,28-20+. The van der Waals surface area contributed by atoms with Crippen molar-refractivity contribution in [3.05, 3.63) is 68.6 Å². The Morgan fingerprint density at radius 3 is 1.38 bits per heavy atom. The van der Waals surface area contributed by atoms with Crippen LogP contribution in [0.15, 0.2) is 67.8 Å². The Hall–Kier alpha value is -2.02. The monoisotopic (exact) mass is 630 g/mol. The zero-order chi connectivity index (χ0) is 24.8. The van der Waals surface area contributed by atoms with E-state index in [9.17, 15) is 9.59 Å². The van der Waals surface area contributed by atoms with Crippen LogP contribution in [0, 0.1) is 0 Å². The fourth-order valence-corrected chi connectivity index (χ4v) is 4.99. The van der Waals surface area contributed by atoms with Gasteiger partial charge in [0, 0.05) is 46.4 Å². The highest BCUT2D eigenvalue weighted by Gasteiger charge is 2.14. The number of amides is 2. The lowest BCUT2D eigenvalue weighted by atomic mass is 10.1. The van der Waals surface area contributed by atoms with E-state index in [2.05, 4.69) is 52.8 Å². The maximum atomic E-state index is 12.2. The number of hydrogen-bond acceptors (Lipinski definition) is 8. The van der Waals surface area contributed by atoms with Gasteiger partial charge in [0.15, 0.2) is 0 Å². The summed E-state index contributed by atoms with van der Waals surface area (Å²) in [6.07, 6.45) is 0.469. The molecule has 2 aromatic rings. The minimum Gasteiger partial charge on any atom is -0.410 e. The second-order valence-electron chi connectivity index (χ2n) is 6.86. The molecular formula is C22H24Br2N4O4S2. The molecule has 34 heavy (non-hydrogen) atoms. The van der Waals surface area contributed by atoms with Crippen molar-refractivity contribution in [3.8, 4) is 0 Å². The summed E-state index contributed by atoms with van der Waals surface area (Å²) < 4.78 is 1.86. The van der Waals surface area contributed by atoms with Gasteiger partial charge in [0.05, 0.1) is 0 Å². The third kappa shape index (κ3) is 10.5. The van der Waals surface area contributed by atoms with Gasteiger partial charge in [-0.1, -0.05) is 88.0 Å². The molecule has 0 aliphatic rings. The lowest BCUT2D eigenvalue weighted by molar-refractivity contribution is -0.115. The summed E-state index contributed by atoms with van der Waals surface area (Å²) in [6.45, 7) is 0.827. The third-order valence-electron chi connectivity index (χ3n) is 4.36. The van der Waals surface area contributed by atoms with Crippen LogP contribution in [-0.4, -0.2) is 58.2 Å². The van der Waals surface area contributed by atoms with E-state index in [0.29, 0.717) is 24.6 Å². The Balaban J connectivity index is 1.58. The van der Waals surface area contributed by atoms with E-state index < -0.39 is 11.8 Å². The van der Waals surface area contributed by atoms with Crippen molar-refractivity contribution in [3.63, 3.8) is 0 Å². The molecular weight excluding hydrogens is 608 g/mol. The average Bonchev–Trinajstić information content (AvgIpc) is 2.84. The van der Waals surface area contributed by atoms with Gasteiger partial charge in [-0.15, -0.1) is 0 Å². The number of nitrogens with one attached hydrogen (secondary N) is 2. The summed E-state index contributed by atoms with van der Waals surface area (Å²) in [4.78, 5) is 24.4. The summed E-state index contributed by atoms with van der Waals surface area (Å²) in [5.41, 5.74) is 1.83. The van der Waals surface area contributed by atoms with Crippen molar-refractivity contribution in [2.24, 2.45) is 10.3 Å². The Morgan fingerprint density at radius 1 is 0.706 bits per heavy atom. The molecule has 2 amide bonds. The van der Waals surface area contributed by atoms with Crippen LogP contribution in [0.1, 0.15) is 11.1 Å². The van der Waals surface area contributed by atoms with Crippen LogP contribution < -0.4 is 10.6 Å². The maximum Gasteiger partial charge on any atom is 0.269 e. The molecule has 0 aliphatic heterocycles. The zero-order valence-corrected chi connectivity index (χ0v) is 22.8. The van der Waals surface area contributed by atoms with Crippen LogP contribution in [0.4, 0.5) is 0 Å². The number of carbonyl (C=O) groups excluding carboxylic acids is 2. The molecule has 0 bridgehead atoms. The highest BCUT2D eigenvalue weighted by atomic mass is 79.9. The molecule has 2 rings (SSSR count). The Labute approximate surface area is 222 Å². The van der Waals surface area contributed by atoms with Crippen molar-refractivity contribution >= 4 is 76.7 Å². The second-order valence-corrected chi connectivity index (χ2v) is 11.4. The largest absolute Gasteiger partial charge is 0.410 e. The van der Waals surface area contributed by atoms with Crippen LogP contribution in [0.3, 0.4) is 0 Å². The van der Waals surface area contributed by atoms with E-state index in [-0.39, 0.29) is 24.3 Å². The van der Waals surface area contributed by atoms with Gasteiger partial charge in [0.25, 0.3) is 11.8 Å². The van der Waals surface area contributed by atoms with E-state index >= 15 is 0 Å². The van der Waals surface area contributed by atoms with E-state index in [1.54, 1.807) is 21.6 Å². The van der Waals surface area contributed by atoms with E-state index in [1.807, 2.05) is 48.5 Å². The molecule has 8 nitrogen and oxygen atoms in total. The van der Waals surface area contributed by atoms with Gasteiger partial charge in [-0.3, -0.25) is 9.59 Å². The molecule has 0 saturated heterocycles. The normalized spacial score (nSPS) is 11.8. The molecule has 0 unspecified atom stereocenters. The van der Waals surface area contributed by atoms with Crippen LogP contribution in [0.2, 0.25) is 0 Å². The van der Waals surface area contributed by atoms with Gasteiger partial charge >= 0.3 is 0 Å². The first-order valence-electron chi connectivity index (χ1n) is 10.1. The topological polar surface area (TPSA) is 123 Å². The van der Waals surface area contributed by atoms with E-state index in [1.165, 1.54) is 0 Å². The molecule has 0 aliphatic carbocycles. The first kappa shape index (κ1) is 28.2. The smallest absolute Gasteiger partial charge is 0.269 e. The van der Waals surface area contributed by atoms with Crippen LogP contribution >= 0.6 is 53.4 Å². The van der Waals surface area contributed by atoms with Crippen molar-refractivity contribution in [2.45, 2.75) is 12.8 Å². The highest BCUT2D eigenvalue weighted by molar-refractivity contribution is 9.10. The molecule has 2 aromatic carbocycles. The number of rotatable bonds is 13. The van der Waals surface area contributed by atoms with Crippen molar-refractivity contribution < 1.29 is 20.0 Å². The number of benzene rings is 2. The fourth-order valence-electron chi connectivity index (χ4n) is 2.65. The Bertz CT molecular complexity index is 921. The first-order chi connectivity index (χ1) is 16.4. The second kappa shape index (κ2) is 15.8. The van der Waals surface area contributed by atoms with Gasteiger partial charge in [-0.2, -0.15) is 0 Å². The van der Waals surface area contributed by atoms with Gasteiger partial charge in [-0.05, 0) is 35.4 Å². The van der Waals surface area contributed by atoms with Crippen LogP contribution in [0.25, 0.3) is 0 Å². The molecule has 182 valence electrons. The van der Waals surface area contributed by atoms with E-state index in [0.717, 1.165) is 20.1 Å². The lowest BCUT2D eigenvalue weighted by Crippen LogP contribution is -2.34. The van der Waals surface area contributed by atoms with Crippen LogP contribution in [0.5, 0.6) is 0 Å². The molecule has 12 heteroatoms. The molecule has 0 saturated carbocycles. The quantitative estimate of drug-likeness (QED) is 0.0861. The first-order valence-corrected chi connectivity index (χ1v) is 14.2.